The van der Waals surface area contributed by atoms with Crippen molar-refractivity contribution in [2.45, 2.75) is 19.3 Å². The molecule has 132 valence electrons. The molecule has 0 aromatic heterocycles. The number of rotatable bonds is 4. The number of hydrogen-bond donors (Lipinski definition) is 4. The summed E-state index contributed by atoms with van der Waals surface area (Å²) in [5.74, 6) is 11.2. The summed E-state index contributed by atoms with van der Waals surface area (Å²) in [5.41, 5.74) is 13.0. The third-order valence-electron chi connectivity index (χ3n) is 4.21. The van der Waals surface area contributed by atoms with E-state index in [2.05, 4.69) is 13.8 Å². The van der Waals surface area contributed by atoms with Crippen LogP contribution in [0, 0.1) is 0 Å². The molecular formula is C17H22N6O2. The Kier molecular flexibility index (Phi) is 4.96. The molecule has 2 aromatic rings. The average molecular weight is 342 g/mol. The number of nitrogens with zero attached hydrogens (tertiary/aromatic N) is 2. The van der Waals surface area contributed by atoms with E-state index in [1.54, 1.807) is 24.3 Å². The van der Waals surface area contributed by atoms with Crippen LogP contribution in [0.4, 0.5) is 21.0 Å². The first-order valence-electron chi connectivity index (χ1n) is 7.54. The Labute approximate surface area is 145 Å². The lowest BCUT2D eigenvalue weighted by atomic mass is 9.78. The van der Waals surface area contributed by atoms with Gasteiger partial charge in [-0.05, 0) is 35.4 Å². The Morgan fingerprint density at radius 1 is 0.720 bits per heavy atom. The normalized spacial score (nSPS) is 11.0. The number of benzene rings is 2. The molecule has 8 N–H and O–H groups in total. The maximum absolute atomic E-state index is 11.1. The predicted octanol–water partition coefficient (Wildman–Crippen LogP) is 1.53. The molecule has 0 spiro atoms. The second-order valence-corrected chi connectivity index (χ2v) is 6.14. The topological polar surface area (TPSA) is 145 Å². The van der Waals surface area contributed by atoms with E-state index >= 15 is 0 Å². The smallest absolute Gasteiger partial charge is 0.333 e. The molecule has 2 aromatic carbocycles. The summed E-state index contributed by atoms with van der Waals surface area (Å²) in [6.07, 6.45) is 0. The third kappa shape index (κ3) is 3.70. The summed E-state index contributed by atoms with van der Waals surface area (Å²) in [5, 5.41) is 1.76. The summed E-state index contributed by atoms with van der Waals surface area (Å²) in [7, 11) is 0. The number of amides is 4. The molecule has 8 heteroatoms. The molecule has 0 atom stereocenters. The van der Waals surface area contributed by atoms with Gasteiger partial charge in [0.25, 0.3) is 0 Å². The molecule has 0 aliphatic carbocycles. The Morgan fingerprint density at radius 3 is 1.24 bits per heavy atom. The summed E-state index contributed by atoms with van der Waals surface area (Å²) in [6.45, 7) is 4.11. The van der Waals surface area contributed by atoms with Crippen LogP contribution in [0.5, 0.6) is 0 Å². The molecule has 0 heterocycles. The highest BCUT2D eigenvalue weighted by Gasteiger charge is 2.23. The number of hydrogen-bond acceptors (Lipinski definition) is 4. The van der Waals surface area contributed by atoms with E-state index in [1.165, 1.54) is 0 Å². The highest BCUT2D eigenvalue weighted by molar-refractivity contribution is 5.89. The minimum Gasteiger partial charge on any atom is -0.350 e. The van der Waals surface area contributed by atoms with Crippen LogP contribution in [0.2, 0.25) is 0 Å². The van der Waals surface area contributed by atoms with Crippen LogP contribution in [0.15, 0.2) is 48.5 Å². The van der Waals surface area contributed by atoms with Gasteiger partial charge in [0.15, 0.2) is 0 Å². The lowest BCUT2D eigenvalue weighted by Gasteiger charge is -2.27. The van der Waals surface area contributed by atoms with Crippen LogP contribution in [-0.4, -0.2) is 12.1 Å². The van der Waals surface area contributed by atoms with Gasteiger partial charge in [0.05, 0.1) is 11.4 Å². The highest BCUT2D eigenvalue weighted by Crippen LogP contribution is 2.33. The molecule has 4 amide bonds. The van der Waals surface area contributed by atoms with E-state index in [0.29, 0.717) is 11.4 Å². The monoisotopic (exact) mass is 342 g/mol. The van der Waals surface area contributed by atoms with Crippen molar-refractivity contribution in [2.75, 3.05) is 10.0 Å². The fraction of sp³-hybridized carbons (Fsp3) is 0.176. The second kappa shape index (κ2) is 6.80. The predicted molar refractivity (Wildman–Crippen MR) is 97.5 cm³/mol. The molecule has 0 fully saturated rings. The fourth-order valence-corrected chi connectivity index (χ4v) is 2.50. The minimum atomic E-state index is -0.733. The Balaban J connectivity index is 2.28. The van der Waals surface area contributed by atoms with Crippen LogP contribution >= 0.6 is 0 Å². The molecule has 0 bridgehead atoms. The van der Waals surface area contributed by atoms with Crippen LogP contribution in [-0.2, 0) is 5.41 Å². The average Bonchev–Trinajstić information content (AvgIpc) is 2.60. The van der Waals surface area contributed by atoms with Crippen LogP contribution in [0.25, 0.3) is 0 Å². The Hall–Kier alpha value is -3.10. The van der Waals surface area contributed by atoms with Gasteiger partial charge in [0.1, 0.15) is 0 Å². The SMILES string of the molecule is CC(C)(c1ccc(N(N)C(N)=O)cc1)c1ccc(N(N)C(N)=O)cc1. The molecule has 0 aliphatic heterocycles. The van der Waals surface area contributed by atoms with Gasteiger partial charge in [-0.1, -0.05) is 38.1 Å². The van der Waals surface area contributed by atoms with Gasteiger partial charge in [0.2, 0.25) is 0 Å². The third-order valence-corrected chi connectivity index (χ3v) is 4.21. The Morgan fingerprint density at radius 2 is 1.00 bits per heavy atom. The van der Waals surface area contributed by atoms with Crippen molar-refractivity contribution in [1.29, 1.82) is 0 Å². The van der Waals surface area contributed by atoms with Crippen molar-refractivity contribution in [3.63, 3.8) is 0 Å². The lowest BCUT2D eigenvalue weighted by molar-refractivity contribution is 0.253. The molecule has 25 heavy (non-hydrogen) atoms. The van der Waals surface area contributed by atoms with Crippen LogP contribution in [0.1, 0.15) is 25.0 Å². The van der Waals surface area contributed by atoms with Gasteiger partial charge in [-0.25, -0.2) is 31.3 Å². The molecule has 8 nitrogen and oxygen atoms in total. The Bertz CT molecular complexity index is 705. The first-order chi connectivity index (χ1) is 11.6. The first-order valence-corrected chi connectivity index (χ1v) is 7.54. The first kappa shape index (κ1) is 18.2. The van der Waals surface area contributed by atoms with Gasteiger partial charge < -0.3 is 11.5 Å². The summed E-state index contributed by atoms with van der Waals surface area (Å²) >= 11 is 0. The van der Waals surface area contributed by atoms with Crippen molar-refractivity contribution in [3.8, 4) is 0 Å². The lowest BCUT2D eigenvalue weighted by Crippen LogP contribution is -2.41. The van der Waals surface area contributed by atoms with E-state index in [-0.39, 0.29) is 5.41 Å². The van der Waals surface area contributed by atoms with Crippen molar-refractivity contribution in [3.05, 3.63) is 59.7 Å². The van der Waals surface area contributed by atoms with E-state index in [4.69, 9.17) is 23.2 Å². The number of carbonyl (C=O) groups excluding carboxylic acids is 2. The summed E-state index contributed by atoms with van der Waals surface area (Å²) in [6, 6.07) is 13.0. The van der Waals surface area contributed by atoms with Gasteiger partial charge in [-0.3, -0.25) is 0 Å². The molecule has 2 rings (SSSR count). The number of anilines is 2. The molecule has 0 radical (unpaired) electrons. The van der Waals surface area contributed by atoms with Gasteiger partial charge in [-0.15, -0.1) is 0 Å². The number of carbonyl (C=O) groups is 2. The standard InChI is InChI=1S/C17H22N6O2/c1-17(2,11-3-7-13(8-4-11)22(20)15(18)24)12-5-9-14(10-6-12)23(21)16(19)25/h3-10H,20-21H2,1-2H3,(H2,18,24)(H2,19,25). The van der Waals surface area contributed by atoms with E-state index in [9.17, 15) is 9.59 Å². The number of nitrogens with two attached hydrogens (primary N) is 4. The molecule has 0 saturated carbocycles. The number of primary amides is 2. The molecule has 0 aliphatic rings. The number of urea groups is 2. The maximum Gasteiger partial charge on any atom is 0.333 e. The summed E-state index contributed by atoms with van der Waals surface area (Å²) in [4.78, 5) is 22.2. The molecule has 0 unspecified atom stereocenters. The van der Waals surface area contributed by atoms with Crippen LogP contribution < -0.4 is 33.2 Å². The van der Waals surface area contributed by atoms with Crippen molar-refractivity contribution in [2.24, 2.45) is 23.2 Å². The van der Waals surface area contributed by atoms with Gasteiger partial charge in [-0.2, -0.15) is 0 Å². The highest BCUT2D eigenvalue weighted by atomic mass is 16.2. The zero-order valence-corrected chi connectivity index (χ0v) is 14.1. The van der Waals surface area contributed by atoms with Crippen molar-refractivity contribution >= 4 is 23.4 Å². The quantitative estimate of drug-likeness (QED) is 0.379. The van der Waals surface area contributed by atoms with E-state index in [1.807, 2.05) is 24.3 Å². The van der Waals surface area contributed by atoms with E-state index < -0.39 is 12.1 Å². The second-order valence-electron chi connectivity index (χ2n) is 6.14. The zero-order chi connectivity index (χ0) is 18.8. The molecule has 0 saturated heterocycles. The van der Waals surface area contributed by atoms with E-state index in [0.717, 1.165) is 21.1 Å². The van der Waals surface area contributed by atoms with Gasteiger partial charge in [0, 0.05) is 5.41 Å². The largest absolute Gasteiger partial charge is 0.350 e. The van der Waals surface area contributed by atoms with Crippen molar-refractivity contribution < 1.29 is 9.59 Å². The maximum atomic E-state index is 11.1. The van der Waals surface area contributed by atoms with Gasteiger partial charge >= 0.3 is 12.1 Å². The van der Waals surface area contributed by atoms with Crippen LogP contribution in [0.3, 0.4) is 0 Å². The molecular weight excluding hydrogens is 320 g/mol. The van der Waals surface area contributed by atoms with Crippen molar-refractivity contribution in [1.82, 2.24) is 0 Å². The number of hydrazine groups is 2. The summed E-state index contributed by atoms with van der Waals surface area (Å²) < 4.78 is 0. The minimum absolute atomic E-state index is 0.324. The zero-order valence-electron chi connectivity index (χ0n) is 14.1. The fourth-order valence-electron chi connectivity index (χ4n) is 2.50.